The lowest BCUT2D eigenvalue weighted by Gasteiger charge is -2.22. The van der Waals surface area contributed by atoms with Crippen molar-refractivity contribution in [1.29, 1.82) is 0 Å². The first-order valence-electron chi connectivity index (χ1n) is 6.61. The Balaban J connectivity index is 3.43. The van der Waals surface area contributed by atoms with Crippen molar-refractivity contribution in [2.45, 2.75) is 32.1 Å². The van der Waals surface area contributed by atoms with Crippen LogP contribution in [0.5, 0.6) is 5.75 Å². The Bertz CT molecular complexity index is 624. The lowest BCUT2D eigenvalue weighted by molar-refractivity contribution is -0.137. The number of sulfonamides is 1. The molecule has 0 aliphatic carbocycles. The summed E-state index contributed by atoms with van der Waals surface area (Å²) in [6.07, 6.45) is 0.528. The van der Waals surface area contributed by atoms with Crippen molar-refractivity contribution in [1.82, 2.24) is 4.31 Å². The summed E-state index contributed by atoms with van der Waals surface area (Å²) >= 11 is 0. The molecule has 0 aromatic heterocycles. The molecule has 0 atom stereocenters. The molecule has 0 amide bonds. The summed E-state index contributed by atoms with van der Waals surface area (Å²) in [6, 6.07) is 3.37. The van der Waals surface area contributed by atoms with Crippen molar-refractivity contribution in [2.24, 2.45) is 0 Å². The van der Waals surface area contributed by atoms with Crippen LogP contribution in [0.2, 0.25) is 0 Å². The summed E-state index contributed by atoms with van der Waals surface area (Å²) in [5.74, 6) is -0.949. The molecule has 1 N–H and O–H groups in total. The fourth-order valence-corrected chi connectivity index (χ4v) is 4.03. The van der Waals surface area contributed by atoms with Gasteiger partial charge >= 0.3 is 5.97 Å². The van der Waals surface area contributed by atoms with Crippen LogP contribution in [0.3, 0.4) is 0 Å². The highest BCUT2D eigenvalue weighted by molar-refractivity contribution is 7.89. The van der Waals surface area contributed by atoms with Gasteiger partial charge in [0.15, 0.2) is 0 Å². The quantitative estimate of drug-likeness (QED) is 0.829. The maximum absolute atomic E-state index is 12.8. The van der Waals surface area contributed by atoms with Crippen LogP contribution in [-0.2, 0) is 14.8 Å². The number of carbonyl (C=O) groups is 1. The molecule has 0 fully saturated rings. The monoisotopic (exact) mass is 315 g/mol. The number of carboxylic acids is 1. The Morgan fingerprint density at radius 3 is 2.43 bits per heavy atom. The molecule has 6 nitrogen and oxygen atoms in total. The van der Waals surface area contributed by atoms with Gasteiger partial charge in [0.25, 0.3) is 0 Å². The van der Waals surface area contributed by atoms with Crippen molar-refractivity contribution >= 4 is 16.0 Å². The minimum atomic E-state index is -3.92. The SMILES string of the molecule is CCCN(CC(=O)O)S(=O)(=O)c1c(C)cc(C)cc1OC. The van der Waals surface area contributed by atoms with E-state index in [0.717, 1.165) is 9.87 Å². The van der Waals surface area contributed by atoms with E-state index >= 15 is 0 Å². The van der Waals surface area contributed by atoms with E-state index in [9.17, 15) is 13.2 Å². The Labute approximate surface area is 125 Å². The highest BCUT2D eigenvalue weighted by Crippen LogP contribution is 2.31. The molecule has 0 aliphatic heterocycles. The summed E-state index contributed by atoms with van der Waals surface area (Å²) in [5, 5.41) is 8.92. The molecule has 0 spiro atoms. The van der Waals surface area contributed by atoms with Crippen molar-refractivity contribution in [3.05, 3.63) is 23.3 Å². The number of carboxylic acid groups (broad SMARTS) is 1. The number of rotatable bonds is 7. The highest BCUT2D eigenvalue weighted by Gasteiger charge is 2.30. The predicted molar refractivity (Wildman–Crippen MR) is 79.2 cm³/mol. The number of benzene rings is 1. The van der Waals surface area contributed by atoms with Gasteiger partial charge in [-0.15, -0.1) is 0 Å². The third-order valence-corrected chi connectivity index (χ3v) is 5.02. The predicted octanol–water partition coefficient (Wildman–Crippen LogP) is 1.80. The second-order valence-corrected chi connectivity index (χ2v) is 6.72. The molecule has 1 aromatic carbocycles. The average Bonchev–Trinajstić information content (AvgIpc) is 2.36. The molecule has 0 heterocycles. The first kappa shape index (κ1) is 17.5. The number of nitrogens with zero attached hydrogens (tertiary/aromatic N) is 1. The smallest absolute Gasteiger partial charge is 0.318 e. The van der Waals surface area contributed by atoms with Crippen molar-refractivity contribution < 1.29 is 23.1 Å². The number of hydrogen-bond acceptors (Lipinski definition) is 4. The molecule has 118 valence electrons. The lowest BCUT2D eigenvalue weighted by atomic mass is 10.1. The number of aryl methyl sites for hydroxylation is 2. The van der Waals surface area contributed by atoms with E-state index < -0.39 is 22.5 Å². The minimum Gasteiger partial charge on any atom is -0.495 e. The summed E-state index contributed by atoms with van der Waals surface area (Å²) in [7, 11) is -2.52. The topological polar surface area (TPSA) is 83.9 Å². The lowest BCUT2D eigenvalue weighted by Crippen LogP contribution is -2.36. The maximum atomic E-state index is 12.8. The number of hydrogen-bond donors (Lipinski definition) is 1. The molecule has 7 heteroatoms. The zero-order valence-corrected chi connectivity index (χ0v) is 13.5. The molecule has 0 saturated carbocycles. The molecule has 1 aromatic rings. The maximum Gasteiger partial charge on any atom is 0.318 e. The summed E-state index contributed by atoms with van der Waals surface area (Å²) in [5.41, 5.74) is 1.42. The van der Waals surface area contributed by atoms with E-state index in [1.165, 1.54) is 7.11 Å². The number of methoxy groups -OCH3 is 1. The van der Waals surface area contributed by atoms with Gasteiger partial charge in [0.05, 0.1) is 7.11 Å². The van der Waals surface area contributed by atoms with Crippen LogP contribution in [0.25, 0.3) is 0 Å². The molecule has 1 rings (SSSR count). The first-order chi connectivity index (χ1) is 9.73. The third-order valence-electron chi connectivity index (χ3n) is 2.99. The minimum absolute atomic E-state index is 0.0327. The van der Waals surface area contributed by atoms with Gasteiger partial charge < -0.3 is 9.84 Å². The molecule has 0 aliphatic rings. The van der Waals surface area contributed by atoms with E-state index in [1.807, 2.05) is 6.92 Å². The fraction of sp³-hybridized carbons (Fsp3) is 0.500. The van der Waals surface area contributed by atoms with Gasteiger partial charge in [0, 0.05) is 6.54 Å². The normalized spacial score (nSPS) is 11.7. The number of aliphatic carboxylic acids is 1. The van der Waals surface area contributed by atoms with E-state index in [-0.39, 0.29) is 17.2 Å². The van der Waals surface area contributed by atoms with E-state index in [2.05, 4.69) is 0 Å². The van der Waals surface area contributed by atoms with Crippen LogP contribution in [0.15, 0.2) is 17.0 Å². The molecule has 0 unspecified atom stereocenters. The first-order valence-corrected chi connectivity index (χ1v) is 8.05. The second-order valence-electron chi connectivity index (χ2n) is 4.85. The molecule has 0 bridgehead atoms. The van der Waals surface area contributed by atoms with Crippen LogP contribution in [0, 0.1) is 13.8 Å². The molecule has 0 saturated heterocycles. The molecule has 0 radical (unpaired) electrons. The Morgan fingerprint density at radius 2 is 1.95 bits per heavy atom. The standard InChI is InChI=1S/C14H21NO5S/c1-5-6-15(9-13(16)17)21(18,19)14-11(3)7-10(2)8-12(14)20-4/h7-8H,5-6,9H2,1-4H3,(H,16,17). The van der Waals surface area contributed by atoms with Gasteiger partial charge in [-0.3, -0.25) is 4.79 Å². The van der Waals surface area contributed by atoms with Crippen LogP contribution in [0.4, 0.5) is 0 Å². The molecular weight excluding hydrogens is 294 g/mol. The fourth-order valence-electron chi connectivity index (χ4n) is 2.21. The largest absolute Gasteiger partial charge is 0.495 e. The second kappa shape index (κ2) is 6.91. The van der Waals surface area contributed by atoms with Crippen molar-refractivity contribution in [2.75, 3.05) is 20.2 Å². The van der Waals surface area contributed by atoms with E-state index in [0.29, 0.717) is 12.0 Å². The Kier molecular flexibility index (Phi) is 5.74. The highest BCUT2D eigenvalue weighted by atomic mass is 32.2. The zero-order valence-electron chi connectivity index (χ0n) is 12.7. The summed E-state index contributed by atoms with van der Waals surface area (Å²) in [6.45, 7) is 4.89. The van der Waals surface area contributed by atoms with Crippen LogP contribution in [-0.4, -0.2) is 44.0 Å². The molecular formula is C14H21NO5S. The zero-order chi connectivity index (χ0) is 16.2. The van der Waals surface area contributed by atoms with Crippen LogP contribution < -0.4 is 4.74 Å². The number of ether oxygens (including phenoxy) is 1. The third kappa shape index (κ3) is 3.95. The van der Waals surface area contributed by atoms with Gasteiger partial charge in [0.2, 0.25) is 10.0 Å². The Hall–Kier alpha value is -1.60. The van der Waals surface area contributed by atoms with Crippen LogP contribution >= 0.6 is 0 Å². The van der Waals surface area contributed by atoms with Gasteiger partial charge in [-0.1, -0.05) is 13.0 Å². The van der Waals surface area contributed by atoms with Gasteiger partial charge in [-0.2, -0.15) is 4.31 Å². The van der Waals surface area contributed by atoms with Crippen molar-refractivity contribution in [3.8, 4) is 5.75 Å². The molecule has 21 heavy (non-hydrogen) atoms. The average molecular weight is 315 g/mol. The van der Waals surface area contributed by atoms with Gasteiger partial charge in [-0.05, 0) is 37.5 Å². The van der Waals surface area contributed by atoms with E-state index in [1.54, 1.807) is 26.0 Å². The Morgan fingerprint density at radius 1 is 1.33 bits per heavy atom. The van der Waals surface area contributed by atoms with Crippen LogP contribution in [0.1, 0.15) is 24.5 Å². The van der Waals surface area contributed by atoms with Crippen molar-refractivity contribution in [3.63, 3.8) is 0 Å². The van der Waals surface area contributed by atoms with Gasteiger partial charge in [0.1, 0.15) is 17.2 Å². The van der Waals surface area contributed by atoms with E-state index in [4.69, 9.17) is 9.84 Å². The summed E-state index contributed by atoms with van der Waals surface area (Å²) in [4.78, 5) is 11.0. The summed E-state index contributed by atoms with van der Waals surface area (Å²) < 4.78 is 31.6. The van der Waals surface area contributed by atoms with Gasteiger partial charge in [-0.25, -0.2) is 8.42 Å².